The first kappa shape index (κ1) is 18.8. The molecule has 0 saturated heterocycles. The summed E-state index contributed by atoms with van der Waals surface area (Å²) >= 11 is 0. The molecule has 2 rings (SSSR count). The number of likely N-dealkylation sites (N-methyl/N-ethyl adjacent to an activating group) is 1. The minimum Gasteiger partial charge on any atom is -0.497 e. The molecule has 1 amide bonds. The summed E-state index contributed by atoms with van der Waals surface area (Å²) in [6, 6.07) is 11.5. The van der Waals surface area contributed by atoms with Crippen LogP contribution < -0.4 is 14.8 Å². The maximum atomic E-state index is 12.2. The van der Waals surface area contributed by atoms with Gasteiger partial charge in [0.05, 0.1) is 20.8 Å². The molecule has 2 aromatic rings. The summed E-state index contributed by atoms with van der Waals surface area (Å²) < 4.78 is 10.6. The second kappa shape index (κ2) is 8.53. The molecular formula is C20H26N2O3. The van der Waals surface area contributed by atoms with Crippen LogP contribution in [-0.2, 0) is 11.3 Å². The number of anilines is 1. The Hall–Kier alpha value is -2.53. The van der Waals surface area contributed by atoms with Gasteiger partial charge in [0, 0.05) is 18.3 Å². The van der Waals surface area contributed by atoms with Crippen LogP contribution in [0, 0.1) is 13.8 Å². The summed E-state index contributed by atoms with van der Waals surface area (Å²) in [5.74, 6) is 1.58. The number of benzene rings is 2. The molecule has 5 heteroatoms. The fraction of sp³-hybridized carbons (Fsp3) is 0.350. The average Bonchev–Trinajstić information content (AvgIpc) is 2.54. The van der Waals surface area contributed by atoms with Crippen LogP contribution in [0.25, 0.3) is 0 Å². The molecule has 0 unspecified atom stereocenters. The lowest BCUT2D eigenvalue weighted by atomic mass is 10.1. The van der Waals surface area contributed by atoms with E-state index in [0.717, 1.165) is 33.9 Å². The molecule has 0 aliphatic heterocycles. The van der Waals surface area contributed by atoms with Gasteiger partial charge in [-0.25, -0.2) is 0 Å². The molecule has 134 valence electrons. The van der Waals surface area contributed by atoms with Crippen molar-refractivity contribution in [1.82, 2.24) is 4.90 Å². The molecule has 0 aliphatic carbocycles. The summed E-state index contributed by atoms with van der Waals surface area (Å²) in [6.07, 6.45) is 0. The molecular weight excluding hydrogens is 316 g/mol. The Morgan fingerprint density at radius 2 is 1.76 bits per heavy atom. The topological polar surface area (TPSA) is 50.8 Å². The van der Waals surface area contributed by atoms with Crippen molar-refractivity contribution in [1.29, 1.82) is 0 Å². The number of ether oxygens (including phenoxy) is 2. The van der Waals surface area contributed by atoms with Crippen molar-refractivity contribution >= 4 is 11.6 Å². The number of aryl methyl sites for hydroxylation is 2. The summed E-state index contributed by atoms with van der Waals surface area (Å²) in [6.45, 7) is 5.06. The third-order valence-corrected chi connectivity index (χ3v) is 3.94. The van der Waals surface area contributed by atoms with E-state index in [9.17, 15) is 4.79 Å². The maximum absolute atomic E-state index is 12.2. The van der Waals surface area contributed by atoms with Crippen molar-refractivity contribution in [3.63, 3.8) is 0 Å². The van der Waals surface area contributed by atoms with E-state index in [0.29, 0.717) is 13.1 Å². The van der Waals surface area contributed by atoms with Crippen LogP contribution in [0.1, 0.15) is 16.7 Å². The molecule has 25 heavy (non-hydrogen) atoms. The average molecular weight is 342 g/mol. The molecule has 0 saturated carbocycles. The molecule has 0 radical (unpaired) electrons. The Bertz CT molecular complexity index is 720. The zero-order chi connectivity index (χ0) is 18.4. The minimum absolute atomic E-state index is 0.0577. The smallest absolute Gasteiger partial charge is 0.238 e. The lowest BCUT2D eigenvalue weighted by molar-refractivity contribution is -0.117. The van der Waals surface area contributed by atoms with Gasteiger partial charge in [0.2, 0.25) is 5.91 Å². The van der Waals surface area contributed by atoms with E-state index >= 15 is 0 Å². The zero-order valence-electron chi connectivity index (χ0n) is 15.6. The van der Waals surface area contributed by atoms with Gasteiger partial charge in [-0.05, 0) is 49.7 Å². The highest BCUT2D eigenvalue weighted by Gasteiger charge is 2.10. The summed E-state index contributed by atoms with van der Waals surface area (Å²) in [5.41, 5.74) is 4.10. The first-order valence-electron chi connectivity index (χ1n) is 8.19. The molecule has 0 heterocycles. The van der Waals surface area contributed by atoms with E-state index in [1.165, 1.54) is 0 Å². The van der Waals surface area contributed by atoms with Crippen LogP contribution in [0.5, 0.6) is 11.5 Å². The fourth-order valence-corrected chi connectivity index (χ4v) is 2.97. The molecule has 0 atom stereocenters. The number of hydrogen-bond donors (Lipinski definition) is 1. The van der Waals surface area contributed by atoms with Crippen LogP contribution in [0.4, 0.5) is 5.69 Å². The predicted molar refractivity (Wildman–Crippen MR) is 100 cm³/mol. The first-order chi connectivity index (χ1) is 11.9. The predicted octanol–water partition coefficient (Wildman–Crippen LogP) is 3.39. The molecule has 0 aromatic heterocycles. The van der Waals surface area contributed by atoms with Gasteiger partial charge < -0.3 is 14.8 Å². The van der Waals surface area contributed by atoms with Crippen LogP contribution in [0.3, 0.4) is 0 Å². The largest absolute Gasteiger partial charge is 0.497 e. The van der Waals surface area contributed by atoms with E-state index in [4.69, 9.17) is 9.47 Å². The number of nitrogens with zero attached hydrogens (tertiary/aromatic N) is 1. The van der Waals surface area contributed by atoms with Crippen molar-refractivity contribution in [2.75, 3.05) is 33.1 Å². The molecule has 0 spiro atoms. The van der Waals surface area contributed by atoms with Crippen molar-refractivity contribution in [3.05, 3.63) is 53.1 Å². The highest BCUT2D eigenvalue weighted by Crippen LogP contribution is 2.24. The van der Waals surface area contributed by atoms with E-state index in [1.54, 1.807) is 20.3 Å². The summed E-state index contributed by atoms with van der Waals surface area (Å²) in [7, 11) is 5.22. The van der Waals surface area contributed by atoms with Crippen molar-refractivity contribution in [3.8, 4) is 11.5 Å². The quantitative estimate of drug-likeness (QED) is 0.838. The Labute approximate surface area is 149 Å². The van der Waals surface area contributed by atoms with Gasteiger partial charge in [0.25, 0.3) is 0 Å². The number of rotatable bonds is 7. The summed E-state index contributed by atoms with van der Waals surface area (Å²) in [4.78, 5) is 14.2. The second-order valence-corrected chi connectivity index (χ2v) is 6.22. The van der Waals surface area contributed by atoms with Crippen LogP contribution in [-0.4, -0.2) is 38.6 Å². The van der Waals surface area contributed by atoms with Gasteiger partial charge >= 0.3 is 0 Å². The number of carbonyl (C=O) groups excluding carboxylic acids is 1. The highest BCUT2D eigenvalue weighted by molar-refractivity contribution is 5.92. The molecule has 0 aliphatic rings. The lowest BCUT2D eigenvalue weighted by Gasteiger charge is -2.18. The normalized spacial score (nSPS) is 10.6. The van der Waals surface area contributed by atoms with E-state index < -0.39 is 0 Å². The molecule has 0 bridgehead atoms. The number of methoxy groups -OCH3 is 2. The summed E-state index contributed by atoms with van der Waals surface area (Å²) in [5, 5.41) is 2.89. The second-order valence-electron chi connectivity index (χ2n) is 6.22. The van der Waals surface area contributed by atoms with E-state index in [-0.39, 0.29) is 5.91 Å². The first-order valence-corrected chi connectivity index (χ1v) is 8.19. The molecule has 5 nitrogen and oxygen atoms in total. The Kier molecular flexibility index (Phi) is 6.42. The molecule has 2 aromatic carbocycles. The Balaban J connectivity index is 1.95. The van der Waals surface area contributed by atoms with E-state index in [2.05, 4.69) is 17.4 Å². The van der Waals surface area contributed by atoms with Gasteiger partial charge in [0.15, 0.2) is 0 Å². The zero-order valence-corrected chi connectivity index (χ0v) is 15.6. The van der Waals surface area contributed by atoms with Crippen LogP contribution in [0.15, 0.2) is 36.4 Å². The van der Waals surface area contributed by atoms with Crippen LogP contribution in [0.2, 0.25) is 0 Å². The Morgan fingerprint density at radius 1 is 1.08 bits per heavy atom. The monoisotopic (exact) mass is 342 g/mol. The van der Waals surface area contributed by atoms with Crippen molar-refractivity contribution in [2.45, 2.75) is 20.4 Å². The van der Waals surface area contributed by atoms with Gasteiger partial charge in [-0.3, -0.25) is 9.69 Å². The lowest BCUT2D eigenvalue weighted by Crippen LogP contribution is -2.29. The third kappa shape index (κ3) is 5.22. The fourth-order valence-electron chi connectivity index (χ4n) is 2.97. The minimum atomic E-state index is -0.0577. The third-order valence-electron chi connectivity index (χ3n) is 3.94. The number of carbonyl (C=O) groups is 1. The van der Waals surface area contributed by atoms with Crippen molar-refractivity contribution in [2.24, 2.45) is 0 Å². The Morgan fingerprint density at radius 3 is 2.36 bits per heavy atom. The number of nitrogens with one attached hydrogen (secondary N) is 1. The van der Waals surface area contributed by atoms with E-state index in [1.807, 2.05) is 44.0 Å². The van der Waals surface area contributed by atoms with Gasteiger partial charge in [-0.15, -0.1) is 0 Å². The van der Waals surface area contributed by atoms with Gasteiger partial charge in [-0.1, -0.05) is 18.2 Å². The maximum Gasteiger partial charge on any atom is 0.238 e. The van der Waals surface area contributed by atoms with Gasteiger partial charge in [-0.2, -0.15) is 0 Å². The van der Waals surface area contributed by atoms with Crippen molar-refractivity contribution < 1.29 is 14.3 Å². The van der Waals surface area contributed by atoms with Crippen LogP contribution >= 0.6 is 0 Å². The number of hydrogen-bond acceptors (Lipinski definition) is 4. The standard InChI is InChI=1S/C20H26N2O3/c1-14-9-16(10-15(2)20(14)25-5)12-22(3)13-19(23)21-17-7-6-8-18(11-17)24-4/h6-11H,12-13H2,1-5H3,(H,21,23). The van der Waals surface area contributed by atoms with Gasteiger partial charge in [0.1, 0.15) is 11.5 Å². The highest BCUT2D eigenvalue weighted by atomic mass is 16.5. The number of amides is 1. The molecule has 1 N–H and O–H groups in total. The SMILES string of the molecule is COc1cccc(NC(=O)CN(C)Cc2cc(C)c(OC)c(C)c2)c1. The molecule has 0 fully saturated rings.